The van der Waals surface area contributed by atoms with Gasteiger partial charge in [-0.05, 0) is 52.9 Å². The SMILES string of the molecule is CC(C)(C)OC(=O)N1C2CCCC1CC(C(=O)c1ccccc1)C2. The number of carbonyl (C=O) groups is 2. The van der Waals surface area contributed by atoms with Gasteiger partial charge < -0.3 is 9.64 Å². The number of rotatable bonds is 2. The van der Waals surface area contributed by atoms with Gasteiger partial charge in [-0.25, -0.2) is 4.79 Å². The first kappa shape index (κ1) is 17.0. The minimum absolute atomic E-state index is 0.0152. The lowest BCUT2D eigenvalue weighted by Gasteiger charge is -2.48. The van der Waals surface area contributed by atoms with Crippen molar-refractivity contribution in [2.24, 2.45) is 5.92 Å². The van der Waals surface area contributed by atoms with E-state index in [0.29, 0.717) is 0 Å². The molecule has 4 heteroatoms. The van der Waals surface area contributed by atoms with Crippen LogP contribution in [0.25, 0.3) is 0 Å². The number of carbonyl (C=O) groups excluding carboxylic acids is 2. The lowest BCUT2D eigenvalue weighted by molar-refractivity contribution is -0.0260. The first-order chi connectivity index (χ1) is 11.3. The summed E-state index contributed by atoms with van der Waals surface area (Å²) < 4.78 is 5.60. The van der Waals surface area contributed by atoms with Gasteiger partial charge in [0.1, 0.15) is 5.60 Å². The van der Waals surface area contributed by atoms with Crippen molar-refractivity contribution in [1.82, 2.24) is 4.90 Å². The minimum Gasteiger partial charge on any atom is -0.444 e. The molecule has 1 amide bonds. The van der Waals surface area contributed by atoms with Gasteiger partial charge in [-0.1, -0.05) is 30.3 Å². The molecule has 1 aromatic carbocycles. The van der Waals surface area contributed by atoms with E-state index in [1.54, 1.807) is 0 Å². The van der Waals surface area contributed by atoms with Gasteiger partial charge in [-0.3, -0.25) is 4.79 Å². The van der Waals surface area contributed by atoms with Crippen molar-refractivity contribution in [2.45, 2.75) is 70.6 Å². The predicted molar refractivity (Wildman–Crippen MR) is 93.0 cm³/mol. The highest BCUT2D eigenvalue weighted by Gasteiger charge is 2.44. The third-order valence-electron chi connectivity index (χ3n) is 5.01. The van der Waals surface area contributed by atoms with Gasteiger partial charge in [0.25, 0.3) is 0 Å². The fraction of sp³-hybridized carbons (Fsp3) is 0.600. The molecule has 1 aromatic rings. The monoisotopic (exact) mass is 329 g/mol. The van der Waals surface area contributed by atoms with Crippen molar-refractivity contribution >= 4 is 11.9 Å². The first-order valence-corrected chi connectivity index (χ1v) is 8.96. The van der Waals surface area contributed by atoms with Gasteiger partial charge >= 0.3 is 6.09 Å². The summed E-state index contributed by atoms with van der Waals surface area (Å²) in [7, 11) is 0. The molecule has 2 atom stereocenters. The highest BCUT2D eigenvalue weighted by molar-refractivity contribution is 5.98. The standard InChI is InChI=1S/C20H27NO3/c1-20(2,3)24-19(23)21-16-10-7-11-17(21)13-15(12-16)18(22)14-8-5-4-6-9-14/h4-6,8-9,15-17H,7,10-13H2,1-3H3. The van der Waals surface area contributed by atoms with Gasteiger partial charge in [-0.2, -0.15) is 0 Å². The fourth-order valence-electron chi connectivity index (χ4n) is 4.05. The number of benzene rings is 1. The van der Waals surface area contributed by atoms with E-state index in [9.17, 15) is 9.59 Å². The van der Waals surface area contributed by atoms with E-state index in [0.717, 1.165) is 37.7 Å². The number of piperidine rings is 2. The Kier molecular flexibility index (Phi) is 4.66. The van der Waals surface area contributed by atoms with Crippen molar-refractivity contribution in [2.75, 3.05) is 0 Å². The maximum atomic E-state index is 12.8. The number of Topliss-reactive ketones (excluding diaryl/α,β-unsaturated/α-hetero) is 1. The van der Waals surface area contributed by atoms with E-state index in [4.69, 9.17) is 4.74 Å². The van der Waals surface area contributed by atoms with E-state index in [2.05, 4.69) is 0 Å². The Hall–Kier alpha value is -1.84. The zero-order chi connectivity index (χ0) is 17.3. The highest BCUT2D eigenvalue weighted by atomic mass is 16.6. The summed E-state index contributed by atoms with van der Waals surface area (Å²) in [6, 6.07) is 9.77. The Morgan fingerprint density at radius 3 is 2.17 bits per heavy atom. The maximum absolute atomic E-state index is 12.8. The molecule has 2 saturated heterocycles. The molecule has 2 bridgehead atoms. The molecule has 0 N–H and O–H groups in total. The normalized spacial score (nSPS) is 26.8. The second kappa shape index (κ2) is 6.58. The fourth-order valence-corrected chi connectivity index (χ4v) is 4.05. The van der Waals surface area contributed by atoms with Gasteiger partial charge in [0.2, 0.25) is 0 Å². The number of ether oxygens (including phenoxy) is 1. The molecule has 2 aliphatic heterocycles. The van der Waals surface area contributed by atoms with E-state index in [1.807, 2.05) is 56.0 Å². The quantitative estimate of drug-likeness (QED) is 0.754. The summed E-state index contributed by atoms with van der Waals surface area (Å²) in [6.07, 6.45) is 4.35. The Morgan fingerprint density at radius 2 is 1.62 bits per heavy atom. The van der Waals surface area contributed by atoms with E-state index < -0.39 is 5.60 Å². The molecular weight excluding hydrogens is 302 g/mol. The van der Waals surface area contributed by atoms with Crippen LogP contribution in [0.3, 0.4) is 0 Å². The zero-order valence-electron chi connectivity index (χ0n) is 14.8. The van der Waals surface area contributed by atoms with Crippen molar-refractivity contribution in [1.29, 1.82) is 0 Å². The summed E-state index contributed by atoms with van der Waals surface area (Å²) in [4.78, 5) is 27.3. The van der Waals surface area contributed by atoms with Gasteiger partial charge in [0.15, 0.2) is 5.78 Å². The number of hydrogen-bond acceptors (Lipinski definition) is 3. The van der Waals surface area contributed by atoms with E-state index in [1.165, 1.54) is 0 Å². The average Bonchev–Trinajstić information content (AvgIpc) is 2.52. The third kappa shape index (κ3) is 3.63. The summed E-state index contributed by atoms with van der Waals surface area (Å²) in [5, 5.41) is 0. The Morgan fingerprint density at radius 1 is 1.04 bits per heavy atom. The zero-order valence-corrected chi connectivity index (χ0v) is 14.8. The van der Waals surface area contributed by atoms with Crippen molar-refractivity contribution in [3.8, 4) is 0 Å². The van der Waals surface area contributed by atoms with Crippen LogP contribution in [-0.2, 0) is 4.74 Å². The lowest BCUT2D eigenvalue weighted by Crippen LogP contribution is -2.56. The number of amides is 1. The van der Waals surface area contributed by atoms with E-state index in [-0.39, 0.29) is 29.9 Å². The molecule has 0 aromatic heterocycles. The Bertz CT molecular complexity index is 591. The molecule has 0 radical (unpaired) electrons. The van der Waals surface area contributed by atoms with Crippen LogP contribution in [0, 0.1) is 5.92 Å². The lowest BCUT2D eigenvalue weighted by atomic mass is 9.76. The van der Waals surface area contributed by atoms with Crippen LogP contribution in [0.15, 0.2) is 30.3 Å². The maximum Gasteiger partial charge on any atom is 0.410 e. The van der Waals surface area contributed by atoms with Crippen LogP contribution < -0.4 is 0 Å². The average molecular weight is 329 g/mol. The Labute approximate surface area is 144 Å². The van der Waals surface area contributed by atoms with Crippen molar-refractivity contribution < 1.29 is 14.3 Å². The van der Waals surface area contributed by atoms with Crippen LogP contribution >= 0.6 is 0 Å². The van der Waals surface area contributed by atoms with Crippen LogP contribution in [0.1, 0.15) is 63.2 Å². The minimum atomic E-state index is -0.484. The molecule has 0 saturated carbocycles. The molecule has 4 nitrogen and oxygen atoms in total. The van der Waals surface area contributed by atoms with Gasteiger partial charge in [0, 0.05) is 23.6 Å². The summed E-state index contributed by atoms with van der Waals surface area (Å²) in [5.74, 6) is 0.234. The molecule has 3 rings (SSSR count). The van der Waals surface area contributed by atoms with Crippen LogP contribution in [-0.4, -0.2) is 34.5 Å². The molecule has 2 unspecified atom stereocenters. The number of hydrogen-bond donors (Lipinski definition) is 0. The summed E-state index contributed by atoms with van der Waals surface area (Å²) >= 11 is 0. The first-order valence-electron chi connectivity index (χ1n) is 8.96. The van der Waals surface area contributed by atoms with Gasteiger partial charge in [0.05, 0.1) is 0 Å². The largest absolute Gasteiger partial charge is 0.444 e. The van der Waals surface area contributed by atoms with Crippen LogP contribution in [0.2, 0.25) is 0 Å². The molecule has 0 aliphatic carbocycles. The molecule has 0 spiro atoms. The second-order valence-corrected chi connectivity index (χ2v) is 8.02. The molecule has 24 heavy (non-hydrogen) atoms. The Balaban J connectivity index is 1.74. The molecule has 2 aliphatic rings. The molecule has 2 fully saturated rings. The predicted octanol–water partition coefficient (Wildman–Crippen LogP) is 4.44. The van der Waals surface area contributed by atoms with Crippen LogP contribution in [0.4, 0.5) is 4.79 Å². The summed E-state index contributed by atoms with van der Waals surface area (Å²) in [5.41, 5.74) is 0.300. The number of ketones is 1. The number of nitrogens with zero attached hydrogens (tertiary/aromatic N) is 1. The van der Waals surface area contributed by atoms with Gasteiger partial charge in [-0.15, -0.1) is 0 Å². The van der Waals surface area contributed by atoms with Crippen molar-refractivity contribution in [3.63, 3.8) is 0 Å². The smallest absolute Gasteiger partial charge is 0.410 e. The van der Waals surface area contributed by atoms with Crippen molar-refractivity contribution in [3.05, 3.63) is 35.9 Å². The summed E-state index contributed by atoms with van der Waals surface area (Å²) in [6.45, 7) is 5.69. The molecular formula is C20H27NO3. The second-order valence-electron chi connectivity index (χ2n) is 8.02. The van der Waals surface area contributed by atoms with E-state index >= 15 is 0 Å². The molecule has 2 heterocycles. The number of fused-ring (bicyclic) bond motifs is 2. The topological polar surface area (TPSA) is 46.6 Å². The molecule has 130 valence electrons. The van der Waals surface area contributed by atoms with Crippen LogP contribution in [0.5, 0.6) is 0 Å². The highest BCUT2D eigenvalue weighted by Crippen LogP contribution is 2.39. The third-order valence-corrected chi connectivity index (χ3v) is 5.01.